The lowest BCUT2D eigenvalue weighted by Gasteiger charge is -1.99. The monoisotopic (exact) mass is 216 g/mol. The van der Waals surface area contributed by atoms with E-state index in [2.05, 4.69) is 15.6 Å². The lowest BCUT2D eigenvalue weighted by atomic mass is 10.4. The number of rotatable bonds is 4. The number of thiazole rings is 1. The predicted molar refractivity (Wildman–Crippen MR) is 55.5 cm³/mol. The van der Waals surface area contributed by atoms with Crippen LogP contribution < -0.4 is 16.4 Å². The van der Waals surface area contributed by atoms with Crippen LogP contribution in [0.15, 0.2) is 0 Å². The van der Waals surface area contributed by atoms with Crippen LogP contribution in [0.4, 0.5) is 10.9 Å². The number of aliphatic hydroxyl groups excluding tert-OH is 1. The highest BCUT2D eigenvalue weighted by molar-refractivity contribution is 7.18. The van der Waals surface area contributed by atoms with Crippen LogP contribution in [0.25, 0.3) is 0 Å². The number of hydrogen-bond acceptors (Lipinski definition) is 6. The lowest BCUT2D eigenvalue weighted by Crippen LogP contribution is -2.26. The van der Waals surface area contributed by atoms with Crippen LogP contribution in [0.2, 0.25) is 0 Å². The smallest absolute Gasteiger partial charge is 0.265 e. The topological polar surface area (TPSA) is 100 Å². The van der Waals surface area contributed by atoms with E-state index in [0.717, 1.165) is 0 Å². The molecule has 0 aliphatic heterocycles. The number of hydrogen-bond donors (Lipinski definition) is 4. The van der Waals surface area contributed by atoms with Crippen molar-refractivity contribution < 1.29 is 9.90 Å². The average molecular weight is 216 g/mol. The molecule has 1 aromatic rings. The minimum absolute atomic E-state index is 0.0939. The first-order valence-corrected chi connectivity index (χ1v) is 4.83. The number of aromatic nitrogens is 1. The van der Waals surface area contributed by atoms with E-state index in [9.17, 15) is 4.79 Å². The van der Waals surface area contributed by atoms with E-state index >= 15 is 0 Å². The van der Waals surface area contributed by atoms with Gasteiger partial charge in [0, 0.05) is 13.6 Å². The summed E-state index contributed by atoms with van der Waals surface area (Å²) in [6.45, 7) is 0.119. The molecule has 0 spiro atoms. The summed E-state index contributed by atoms with van der Waals surface area (Å²) < 4.78 is 0. The van der Waals surface area contributed by atoms with E-state index < -0.39 is 0 Å². The van der Waals surface area contributed by atoms with Crippen molar-refractivity contribution in [2.45, 2.75) is 0 Å². The Morgan fingerprint density at radius 2 is 2.43 bits per heavy atom. The van der Waals surface area contributed by atoms with Gasteiger partial charge in [0.1, 0.15) is 10.7 Å². The normalized spacial score (nSPS) is 9.86. The number of amides is 1. The second-order valence-electron chi connectivity index (χ2n) is 2.46. The van der Waals surface area contributed by atoms with Gasteiger partial charge in [-0.25, -0.2) is 4.98 Å². The van der Waals surface area contributed by atoms with Crippen LogP contribution in [0.3, 0.4) is 0 Å². The van der Waals surface area contributed by atoms with Gasteiger partial charge >= 0.3 is 0 Å². The fourth-order valence-electron chi connectivity index (χ4n) is 0.851. The van der Waals surface area contributed by atoms with Crippen LogP contribution in [-0.4, -0.2) is 36.2 Å². The molecule has 0 unspecified atom stereocenters. The number of nitrogens with zero attached hydrogens (tertiary/aromatic N) is 1. The molecule has 6 nitrogen and oxygen atoms in total. The Balaban J connectivity index is 2.73. The van der Waals surface area contributed by atoms with Gasteiger partial charge < -0.3 is 21.5 Å². The first-order chi connectivity index (χ1) is 6.69. The van der Waals surface area contributed by atoms with Gasteiger partial charge in [-0.15, -0.1) is 0 Å². The van der Waals surface area contributed by atoms with Crippen LogP contribution in [0.1, 0.15) is 9.67 Å². The van der Waals surface area contributed by atoms with Gasteiger partial charge in [-0.05, 0) is 0 Å². The van der Waals surface area contributed by atoms with Gasteiger partial charge in [0.2, 0.25) is 0 Å². The molecular weight excluding hydrogens is 204 g/mol. The van der Waals surface area contributed by atoms with E-state index in [1.54, 1.807) is 7.05 Å². The summed E-state index contributed by atoms with van der Waals surface area (Å²) in [6.07, 6.45) is 0. The summed E-state index contributed by atoms with van der Waals surface area (Å²) in [5.74, 6) is -0.106. The number of nitrogens with two attached hydrogens (primary N) is 1. The van der Waals surface area contributed by atoms with Gasteiger partial charge in [-0.1, -0.05) is 11.3 Å². The second-order valence-corrected chi connectivity index (χ2v) is 3.46. The van der Waals surface area contributed by atoms with Crippen molar-refractivity contribution in [3.63, 3.8) is 0 Å². The van der Waals surface area contributed by atoms with Crippen molar-refractivity contribution in [3.05, 3.63) is 4.88 Å². The third-order valence-corrected chi connectivity index (χ3v) is 2.56. The van der Waals surface area contributed by atoms with Crippen molar-refractivity contribution in [2.24, 2.45) is 0 Å². The summed E-state index contributed by atoms with van der Waals surface area (Å²) in [7, 11) is 1.70. The second kappa shape index (κ2) is 4.77. The highest BCUT2D eigenvalue weighted by atomic mass is 32.1. The number of carbonyl (C=O) groups excluding carboxylic acids is 1. The van der Waals surface area contributed by atoms with Crippen LogP contribution in [0, 0.1) is 0 Å². The van der Waals surface area contributed by atoms with Crippen molar-refractivity contribution in [2.75, 3.05) is 31.2 Å². The highest BCUT2D eigenvalue weighted by Crippen LogP contribution is 2.23. The average Bonchev–Trinajstić information content (AvgIpc) is 2.56. The van der Waals surface area contributed by atoms with Gasteiger partial charge in [-0.2, -0.15) is 0 Å². The molecule has 1 rings (SSSR count). The molecule has 0 bridgehead atoms. The van der Waals surface area contributed by atoms with E-state index in [1.807, 2.05) is 0 Å². The Labute approximate surface area is 85.1 Å². The molecule has 0 radical (unpaired) electrons. The number of anilines is 2. The van der Waals surface area contributed by atoms with E-state index in [0.29, 0.717) is 10.0 Å². The van der Waals surface area contributed by atoms with E-state index in [4.69, 9.17) is 10.8 Å². The fraction of sp³-hybridized carbons (Fsp3) is 0.429. The minimum Gasteiger partial charge on any atom is -0.395 e. The van der Waals surface area contributed by atoms with Crippen molar-refractivity contribution in [3.8, 4) is 0 Å². The molecule has 1 heterocycles. The zero-order chi connectivity index (χ0) is 10.6. The molecule has 1 amide bonds. The molecule has 0 fully saturated rings. The maximum atomic E-state index is 11.4. The molecule has 0 aromatic carbocycles. The maximum absolute atomic E-state index is 11.4. The number of nitrogens with one attached hydrogen (secondary N) is 2. The zero-order valence-electron chi connectivity index (χ0n) is 7.70. The Hall–Kier alpha value is -1.34. The summed E-state index contributed by atoms with van der Waals surface area (Å²) >= 11 is 1.18. The molecule has 0 aliphatic carbocycles. The largest absolute Gasteiger partial charge is 0.395 e. The molecule has 7 heteroatoms. The maximum Gasteiger partial charge on any atom is 0.265 e. The lowest BCUT2D eigenvalue weighted by molar-refractivity contribution is 0.0949. The SMILES string of the molecule is CNc1nc(N)c(C(=O)NCCO)s1. The predicted octanol–water partition coefficient (Wildman–Crippen LogP) is -0.511. The molecule has 0 saturated heterocycles. The molecule has 78 valence electrons. The molecule has 0 atom stereocenters. The van der Waals surface area contributed by atoms with Gasteiger partial charge in [0.15, 0.2) is 5.13 Å². The molecule has 14 heavy (non-hydrogen) atoms. The van der Waals surface area contributed by atoms with Crippen molar-refractivity contribution in [1.82, 2.24) is 10.3 Å². The van der Waals surface area contributed by atoms with Gasteiger partial charge in [0.05, 0.1) is 6.61 Å². The van der Waals surface area contributed by atoms with Crippen LogP contribution >= 0.6 is 11.3 Å². The molecular formula is C7H12N4O2S. The first kappa shape index (κ1) is 10.7. The first-order valence-electron chi connectivity index (χ1n) is 4.02. The Morgan fingerprint density at radius 1 is 1.71 bits per heavy atom. The van der Waals surface area contributed by atoms with Crippen molar-refractivity contribution in [1.29, 1.82) is 0 Å². The molecule has 1 aromatic heterocycles. The Kier molecular flexibility index (Phi) is 3.66. The van der Waals surface area contributed by atoms with Crippen LogP contribution in [-0.2, 0) is 0 Å². The number of carbonyl (C=O) groups is 1. The highest BCUT2D eigenvalue weighted by Gasteiger charge is 2.14. The van der Waals surface area contributed by atoms with Gasteiger partial charge in [-0.3, -0.25) is 4.79 Å². The summed E-state index contributed by atoms with van der Waals surface area (Å²) in [5, 5.41) is 14.4. The Bertz CT molecular complexity index is 325. The van der Waals surface area contributed by atoms with E-state index in [1.165, 1.54) is 11.3 Å². The third-order valence-electron chi connectivity index (χ3n) is 1.47. The van der Waals surface area contributed by atoms with Crippen LogP contribution in [0.5, 0.6) is 0 Å². The van der Waals surface area contributed by atoms with Crippen molar-refractivity contribution >= 4 is 28.2 Å². The minimum atomic E-state index is -0.310. The molecule has 5 N–H and O–H groups in total. The quantitative estimate of drug-likeness (QED) is 0.543. The van der Waals surface area contributed by atoms with Gasteiger partial charge in [0.25, 0.3) is 5.91 Å². The standard InChI is InChI=1S/C7H12N4O2S/c1-9-7-11-5(8)4(14-7)6(13)10-2-3-12/h12H,2-3,8H2,1H3,(H,9,11)(H,10,13). The zero-order valence-corrected chi connectivity index (χ0v) is 8.52. The fourth-order valence-corrected chi connectivity index (χ4v) is 1.61. The third kappa shape index (κ3) is 2.33. The molecule has 0 aliphatic rings. The number of aliphatic hydroxyl groups is 1. The summed E-state index contributed by atoms with van der Waals surface area (Å²) in [6, 6.07) is 0. The Morgan fingerprint density at radius 3 is 2.93 bits per heavy atom. The van der Waals surface area contributed by atoms with E-state index in [-0.39, 0.29) is 24.9 Å². The summed E-state index contributed by atoms with van der Waals surface area (Å²) in [5.41, 5.74) is 5.53. The summed E-state index contributed by atoms with van der Waals surface area (Å²) in [4.78, 5) is 15.7. The number of nitrogen functional groups attached to an aromatic ring is 1. The molecule has 0 saturated carbocycles.